The minimum absolute atomic E-state index is 0.193. The summed E-state index contributed by atoms with van der Waals surface area (Å²) in [6, 6.07) is 0.304. The Kier molecular flexibility index (Phi) is 3.73. The van der Waals surface area contributed by atoms with Crippen molar-refractivity contribution in [2.75, 3.05) is 6.61 Å². The lowest BCUT2D eigenvalue weighted by molar-refractivity contribution is 0.108. The first-order valence-electron chi connectivity index (χ1n) is 7.27. The van der Waals surface area contributed by atoms with Crippen LogP contribution in [0, 0.1) is 0 Å². The topological polar surface area (TPSA) is 44.9 Å². The number of imidazole rings is 1. The van der Waals surface area contributed by atoms with Crippen LogP contribution in [0.15, 0.2) is 0 Å². The Morgan fingerprint density at radius 1 is 1.45 bits per heavy atom. The van der Waals surface area contributed by atoms with E-state index in [4.69, 9.17) is 21.3 Å². The van der Waals surface area contributed by atoms with Crippen molar-refractivity contribution in [3.05, 3.63) is 11.5 Å². The van der Waals surface area contributed by atoms with Crippen LogP contribution in [0.25, 0.3) is 11.2 Å². The number of nitrogens with zero attached hydrogens (tertiary/aromatic N) is 4. The van der Waals surface area contributed by atoms with E-state index in [1.54, 1.807) is 0 Å². The molecule has 110 valence electrons. The van der Waals surface area contributed by atoms with E-state index in [2.05, 4.69) is 23.5 Å². The zero-order valence-corrected chi connectivity index (χ0v) is 13.0. The molecule has 1 aliphatic heterocycles. The summed E-state index contributed by atoms with van der Waals surface area (Å²) in [7, 11) is 1.98. The normalized spacial score (nSPS) is 23.0. The summed E-state index contributed by atoms with van der Waals surface area (Å²) in [5.41, 5.74) is 3.15. The molecule has 0 radical (unpaired) electrons. The summed E-state index contributed by atoms with van der Waals surface area (Å²) in [4.78, 5) is 4.74. The van der Waals surface area contributed by atoms with Crippen molar-refractivity contribution in [2.24, 2.45) is 7.05 Å². The van der Waals surface area contributed by atoms with E-state index >= 15 is 0 Å². The zero-order chi connectivity index (χ0) is 14.3. The highest BCUT2D eigenvalue weighted by molar-refractivity contribution is 6.16. The van der Waals surface area contributed by atoms with Crippen molar-refractivity contribution in [3.8, 4) is 0 Å². The van der Waals surface area contributed by atoms with Crippen LogP contribution in [-0.2, 0) is 24.1 Å². The second kappa shape index (κ2) is 5.37. The molecule has 1 aliphatic rings. The lowest BCUT2D eigenvalue weighted by atomic mass is 10.1. The van der Waals surface area contributed by atoms with Crippen molar-refractivity contribution in [1.82, 2.24) is 19.3 Å². The zero-order valence-electron chi connectivity index (χ0n) is 12.3. The van der Waals surface area contributed by atoms with Crippen LogP contribution < -0.4 is 0 Å². The number of aryl methyl sites for hydroxylation is 2. The van der Waals surface area contributed by atoms with E-state index in [9.17, 15) is 0 Å². The van der Waals surface area contributed by atoms with Crippen molar-refractivity contribution in [3.63, 3.8) is 0 Å². The molecule has 2 aromatic rings. The molecule has 0 N–H and O–H groups in total. The van der Waals surface area contributed by atoms with Gasteiger partial charge in [-0.05, 0) is 19.8 Å². The fourth-order valence-corrected chi connectivity index (χ4v) is 3.34. The van der Waals surface area contributed by atoms with Gasteiger partial charge in [0, 0.05) is 13.7 Å². The Bertz CT molecular complexity index is 618. The highest BCUT2D eigenvalue weighted by atomic mass is 35.5. The van der Waals surface area contributed by atoms with Crippen molar-refractivity contribution < 1.29 is 4.74 Å². The number of aromatic nitrogens is 4. The summed E-state index contributed by atoms with van der Waals surface area (Å²) in [5.74, 6) is 1.35. The van der Waals surface area contributed by atoms with Gasteiger partial charge in [-0.1, -0.05) is 13.3 Å². The van der Waals surface area contributed by atoms with E-state index in [1.165, 1.54) is 0 Å². The van der Waals surface area contributed by atoms with Gasteiger partial charge in [-0.25, -0.2) is 4.98 Å². The number of hydrogen-bond acceptors (Lipinski definition) is 3. The fourth-order valence-electron chi connectivity index (χ4n) is 3.16. The average Bonchev–Trinajstić information content (AvgIpc) is 3.07. The molecule has 1 fully saturated rings. The standard InChI is InChI=1S/C14H21ClN4O/c1-4-5-10-13-14(18(3)17-10)19(12(8-15)16-13)11-6-7-20-9(11)2/h9,11H,4-8H2,1-3H3. The Labute approximate surface area is 123 Å². The number of rotatable bonds is 4. The maximum absolute atomic E-state index is 6.11. The summed E-state index contributed by atoms with van der Waals surface area (Å²) >= 11 is 6.11. The third-order valence-electron chi connectivity index (χ3n) is 4.08. The SMILES string of the molecule is CCCc1nn(C)c2c1nc(CCl)n2C1CCOC1C. The average molecular weight is 297 g/mol. The van der Waals surface area contributed by atoms with Gasteiger partial charge in [0.25, 0.3) is 0 Å². The molecular weight excluding hydrogens is 276 g/mol. The van der Waals surface area contributed by atoms with Gasteiger partial charge in [0.1, 0.15) is 11.3 Å². The van der Waals surface area contributed by atoms with Gasteiger partial charge in [-0.15, -0.1) is 11.6 Å². The predicted molar refractivity (Wildman–Crippen MR) is 79.1 cm³/mol. The van der Waals surface area contributed by atoms with E-state index in [0.29, 0.717) is 11.9 Å². The summed E-state index contributed by atoms with van der Waals surface area (Å²) < 4.78 is 9.89. The molecule has 2 atom stereocenters. The molecule has 2 unspecified atom stereocenters. The molecule has 0 bridgehead atoms. The van der Waals surface area contributed by atoms with Gasteiger partial charge in [-0.2, -0.15) is 5.10 Å². The van der Waals surface area contributed by atoms with Crippen molar-refractivity contribution >= 4 is 22.8 Å². The van der Waals surface area contributed by atoms with Gasteiger partial charge in [-0.3, -0.25) is 4.68 Å². The molecule has 0 spiro atoms. The van der Waals surface area contributed by atoms with Gasteiger partial charge in [0.2, 0.25) is 0 Å². The van der Waals surface area contributed by atoms with Gasteiger partial charge >= 0.3 is 0 Å². The van der Waals surface area contributed by atoms with Crippen LogP contribution in [0.1, 0.15) is 44.2 Å². The number of halogens is 1. The second-order valence-corrected chi connectivity index (χ2v) is 5.72. The van der Waals surface area contributed by atoms with Crippen LogP contribution in [-0.4, -0.2) is 32.0 Å². The summed E-state index contributed by atoms with van der Waals surface area (Å²) in [6.45, 7) is 5.07. The molecule has 6 heteroatoms. The second-order valence-electron chi connectivity index (χ2n) is 5.46. The van der Waals surface area contributed by atoms with E-state index < -0.39 is 0 Å². The largest absolute Gasteiger partial charge is 0.376 e. The van der Waals surface area contributed by atoms with Crippen molar-refractivity contribution in [2.45, 2.75) is 51.1 Å². The van der Waals surface area contributed by atoms with Gasteiger partial charge in [0.15, 0.2) is 5.65 Å². The first-order valence-corrected chi connectivity index (χ1v) is 7.81. The number of ether oxygens (including phenoxy) is 1. The Balaban J connectivity index is 2.18. The predicted octanol–water partition coefficient (Wildman–Crippen LogP) is 2.81. The molecule has 1 saturated heterocycles. The van der Waals surface area contributed by atoms with Gasteiger partial charge in [0.05, 0.1) is 23.7 Å². The molecule has 20 heavy (non-hydrogen) atoms. The molecule has 0 aromatic carbocycles. The van der Waals surface area contributed by atoms with Gasteiger partial charge < -0.3 is 9.30 Å². The highest BCUT2D eigenvalue weighted by Gasteiger charge is 2.31. The molecule has 0 amide bonds. The number of fused-ring (bicyclic) bond motifs is 1. The van der Waals surface area contributed by atoms with Crippen LogP contribution in [0.5, 0.6) is 0 Å². The lowest BCUT2D eigenvalue weighted by Gasteiger charge is -2.19. The van der Waals surface area contributed by atoms with Crippen LogP contribution in [0.3, 0.4) is 0 Å². The Morgan fingerprint density at radius 2 is 2.25 bits per heavy atom. The van der Waals surface area contributed by atoms with Crippen LogP contribution >= 0.6 is 11.6 Å². The lowest BCUT2D eigenvalue weighted by Crippen LogP contribution is -2.20. The summed E-state index contributed by atoms with van der Waals surface area (Å²) in [6.07, 6.45) is 3.22. The maximum atomic E-state index is 6.11. The molecular formula is C14H21ClN4O. The van der Waals surface area contributed by atoms with Crippen molar-refractivity contribution in [1.29, 1.82) is 0 Å². The van der Waals surface area contributed by atoms with E-state index in [1.807, 2.05) is 11.7 Å². The number of alkyl halides is 1. The van der Waals surface area contributed by atoms with Crippen LogP contribution in [0.4, 0.5) is 0 Å². The third-order valence-corrected chi connectivity index (χ3v) is 4.32. The number of hydrogen-bond donors (Lipinski definition) is 0. The minimum Gasteiger partial charge on any atom is -0.376 e. The minimum atomic E-state index is 0.193. The molecule has 0 saturated carbocycles. The smallest absolute Gasteiger partial charge is 0.159 e. The highest BCUT2D eigenvalue weighted by Crippen LogP contribution is 2.32. The molecule has 5 nitrogen and oxygen atoms in total. The van der Waals surface area contributed by atoms with E-state index in [-0.39, 0.29) is 6.10 Å². The first kappa shape index (κ1) is 13.9. The Hall–Kier alpha value is -1.07. The quantitative estimate of drug-likeness (QED) is 0.815. The van der Waals surface area contributed by atoms with E-state index in [0.717, 1.165) is 48.6 Å². The first-order chi connectivity index (χ1) is 9.67. The third kappa shape index (κ3) is 2.04. The summed E-state index contributed by atoms with van der Waals surface area (Å²) in [5, 5.41) is 4.62. The Morgan fingerprint density at radius 3 is 2.85 bits per heavy atom. The monoisotopic (exact) mass is 296 g/mol. The molecule has 3 heterocycles. The molecule has 0 aliphatic carbocycles. The molecule has 3 rings (SSSR count). The fraction of sp³-hybridized carbons (Fsp3) is 0.714. The van der Waals surface area contributed by atoms with Crippen LogP contribution in [0.2, 0.25) is 0 Å². The molecule has 2 aromatic heterocycles. The maximum Gasteiger partial charge on any atom is 0.159 e.